The molecule has 0 aromatic heterocycles. The van der Waals surface area contributed by atoms with E-state index in [0.29, 0.717) is 0 Å². The van der Waals surface area contributed by atoms with Crippen LogP contribution in [0.4, 0.5) is 0 Å². The van der Waals surface area contributed by atoms with Gasteiger partial charge in [0.2, 0.25) is 0 Å². The Balaban J connectivity index is 0.000000383. The average molecular weight is 294 g/mol. The molecular weight excluding hydrogens is 260 g/mol. The average Bonchev–Trinajstić information content (AvgIpc) is 3.04. The first-order valence-corrected chi connectivity index (χ1v) is 8.68. The van der Waals surface area contributed by atoms with Gasteiger partial charge in [-0.2, -0.15) is 0 Å². The molecule has 2 aliphatic rings. The van der Waals surface area contributed by atoms with E-state index < -0.39 is 0 Å². The van der Waals surface area contributed by atoms with Crippen LogP contribution < -0.4 is 0 Å². The Kier molecular flexibility index (Phi) is 8.56. The number of ether oxygens (including phenoxy) is 2. The second-order valence-electron chi connectivity index (χ2n) is 6.30. The Labute approximate surface area is 131 Å². The third-order valence-corrected chi connectivity index (χ3v) is 5.30. The van der Waals surface area contributed by atoms with Gasteiger partial charge in [-0.25, -0.2) is 0 Å². The second-order valence-corrected chi connectivity index (χ2v) is 6.30. The highest BCUT2D eigenvalue weighted by atomic mass is 16.5. The number of hydrogen-bond acceptors (Lipinski definition) is 2. The molecular formula is C19H34O2. The monoisotopic (exact) mass is 294 g/mol. The molecule has 0 spiro atoms. The fraction of sp³-hybridized carbons (Fsp3) is 0.789. The quantitative estimate of drug-likeness (QED) is 0.557. The first-order valence-electron chi connectivity index (χ1n) is 8.68. The summed E-state index contributed by atoms with van der Waals surface area (Å²) in [6.07, 6.45) is 10.1. The van der Waals surface area contributed by atoms with Gasteiger partial charge in [-0.3, -0.25) is 0 Å². The maximum atomic E-state index is 5.42. The predicted octanol–water partition coefficient (Wildman–Crippen LogP) is 5.41. The van der Waals surface area contributed by atoms with Crippen LogP contribution in [0.5, 0.6) is 0 Å². The molecule has 0 heterocycles. The first kappa shape index (κ1) is 18.1. The van der Waals surface area contributed by atoms with Gasteiger partial charge >= 0.3 is 0 Å². The molecule has 0 aliphatic heterocycles. The van der Waals surface area contributed by atoms with E-state index in [-0.39, 0.29) is 0 Å². The maximum absolute atomic E-state index is 5.42. The summed E-state index contributed by atoms with van der Waals surface area (Å²) in [6.45, 7) is 15.2. The zero-order chi connectivity index (χ0) is 15.7. The van der Waals surface area contributed by atoms with Crippen molar-refractivity contribution in [3.05, 3.63) is 25.7 Å². The van der Waals surface area contributed by atoms with Gasteiger partial charge in [-0.05, 0) is 49.4 Å². The van der Waals surface area contributed by atoms with Crippen molar-refractivity contribution in [3.63, 3.8) is 0 Å². The molecule has 122 valence electrons. The molecule has 2 saturated carbocycles. The molecule has 5 unspecified atom stereocenters. The topological polar surface area (TPSA) is 18.5 Å². The van der Waals surface area contributed by atoms with Crippen LogP contribution in [0.15, 0.2) is 25.7 Å². The summed E-state index contributed by atoms with van der Waals surface area (Å²) in [4.78, 5) is 0. The summed E-state index contributed by atoms with van der Waals surface area (Å²) < 4.78 is 10.0. The SMILES string of the molecule is C=COCC.C=COCC1CC2CC1C(CC)C2CCC. The molecule has 5 atom stereocenters. The predicted molar refractivity (Wildman–Crippen MR) is 89.9 cm³/mol. The molecule has 2 heteroatoms. The molecule has 0 amide bonds. The van der Waals surface area contributed by atoms with E-state index in [4.69, 9.17) is 4.74 Å². The van der Waals surface area contributed by atoms with E-state index in [9.17, 15) is 0 Å². The van der Waals surface area contributed by atoms with Gasteiger partial charge < -0.3 is 9.47 Å². The highest BCUT2D eigenvalue weighted by Gasteiger charge is 2.50. The van der Waals surface area contributed by atoms with Gasteiger partial charge in [0.25, 0.3) is 0 Å². The molecule has 2 fully saturated rings. The molecule has 0 aromatic rings. The maximum Gasteiger partial charge on any atom is 0.0903 e. The van der Waals surface area contributed by atoms with Crippen molar-refractivity contribution in [2.24, 2.45) is 29.6 Å². The standard InChI is InChI=1S/C15H26O.C4H8O/c1-4-7-14-11-8-12(10-16-6-3)15(9-11)13(14)5-2;1-3-5-4-2/h6,11-15H,3-5,7-10H2,1-2H3;3H,1,4H2,2H3. The fourth-order valence-electron chi connectivity index (χ4n) is 4.63. The van der Waals surface area contributed by atoms with E-state index in [2.05, 4.69) is 31.7 Å². The molecule has 2 aliphatic carbocycles. The van der Waals surface area contributed by atoms with Crippen molar-refractivity contribution in [3.8, 4) is 0 Å². The van der Waals surface area contributed by atoms with Gasteiger partial charge in [0.15, 0.2) is 0 Å². The molecule has 0 aromatic carbocycles. The number of rotatable bonds is 8. The molecule has 2 nitrogen and oxygen atoms in total. The minimum absolute atomic E-state index is 0.726. The van der Waals surface area contributed by atoms with Crippen molar-refractivity contribution in [1.29, 1.82) is 0 Å². The van der Waals surface area contributed by atoms with Crippen LogP contribution in [-0.2, 0) is 9.47 Å². The van der Waals surface area contributed by atoms with Crippen LogP contribution in [0.2, 0.25) is 0 Å². The van der Waals surface area contributed by atoms with Crippen LogP contribution in [0, 0.1) is 29.6 Å². The molecule has 0 N–H and O–H groups in total. The van der Waals surface area contributed by atoms with Gasteiger partial charge in [0.05, 0.1) is 25.7 Å². The smallest absolute Gasteiger partial charge is 0.0903 e. The zero-order valence-electron chi connectivity index (χ0n) is 14.2. The highest BCUT2D eigenvalue weighted by Crippen LogP contribution is 2.57. The van der Waals surface area contributed by atoms with E-state index >= 15 is 0 Å². The van der Waals surface area contributed by atoms with Crippen LogP contribution in [-0.4, -0.2) is 13.2 Å². The summed E-state index contributed by atoms with van der Waals surface area (Å²) in [5.41, 5.74) is 0. The molecule has 2 rings (SSSR count). The summed E-state index contributed by atoms with van der Waals surface area (Å²) in [5.74, 6) is 4.79. The van der Waals surface area contributed by atoms with Crippen LogP contribution >= 0.6 is 0 Å². The van der Waals surface area contributed by atoms with Crippen molar-refractivity contribution in [2.45, 2.75) is 52.9 Å². The largest absolute Gasteiger partial charge is 0.502 e. The highest BCUT2D eigenvalue weighted by molar-refractivity contribution is 4.99. The van der Waals surface area contributed by atoms with Gasteiger partial charge in [0.1, 0.15) is 0 Å². The Morgan fingerprint density at radius 2 is 1.71 bits per heavy atom. The Hall–Kier alpha value is -0.920. The second kappa shape index (κ2) is 9.92. The molecule has 0 radical (unpaired) electrons. The van der Waals surface area contributed by atoms with Crippen molar-refractivity contribution in [2.75, 3.05) is 13.2 Å². The lowest BCUT2D eigenvalue weighted by molar-refractivity contribution is 0.0902. The van der Waals surface area contributed by atoms with Crippen molar-refractivity contribution >= 4 is 0 Å². The number of hydrogen-bond donors (Lipinski definition) is 0. The lowest BCUT2D eigenvalue weighted by atomic mass is 9.71. The summed E-state index contributed by atoms with van der Waals surface area (Å²) >= 11 is 0. The summed E-state index contributed by atoms with van der Waals surface area (Å²) in [6, 6.07) is 0. The van der Waals surface area contributed by atoms with Crippen LogP contribution in [0.1, 0.15) is 52.9 Å². The van der Waals surface area contributed by atoms with E-state index in [1.807, 2.05) is 6.92 Å². The summed E-state index contributed by atoms with van der Waals surface area (Å²) in [5, 5.41) is 0. The zero-order valence-corrected chi connectivity index (χ0v) is 14.2. The molecule has 2 bridgehead atoms. The lowest BCUT2D eigenvalue weighted by Crippen LogP contribution is -2.29. The minimum atomic E-state index is 0.726. The van der Waals surface area contributed by atoms with E-state index in [1.54, 1.807) is 6.26 Å². The van der Waals surface area contributed by atoms with Crippen molar-refractivity contribution in [1.82, 2.24) is 0 Å². The van der Waals surface area contributed by atoms with Crippen LogP contribution in [0.3, 0.4) is 0 Å². The molecule has 0 saturated heterocycles. The summed E-state index contributed by atoms with van der Waals surface area (Å²) in [7, 11) is 0. The third kappa shape index (κ3) is 4.79. The Bertz CT molecular complexity index is 300. The fourth-order valence-corrected chi connectivity index (χ4v) is 4.63. The lowest BCUT2D eigenvalue weighted by Gasteiger charge is -2.35. The number of fused-ring (bicyclic) bond motifs is 2. The Morgan fingerprint density at radius 3 is 2.19 bits per heavy atom. The van der Waals surface area contributed by atoms with E-state index in [0.717, 1.165) is 42.8 Å². The first-order chi connectivity index (χ1) is 10.2. The van der Waals surface area contributed by atoms with Gasteiger partial charge in [-0.15, -0.1) is 0 Å². The Morgan fingerprint density at radius 1 is 1.00 bits per heavy atom. The van der Waals surface area contributed by atoms with Gasteiger partial charge in [0, 0.05) is 0 Å². The van der Waals surface area contributed by atoms with E-state index in [1.165, 1.54) is 38.4 Å². The minimum Gasteiger partial charge on any atom is -0.502 e. The molecule has 21 heavy (non-hydrogen) atoms. The van der Waals surface area contributed by atoms with Gasteiger partial charge in [-0.1, -0.05) is 46.3 Å². The normalized spacial score (nSPS) is 33.0. The van der Waals surface area contributed by atoms with Crippen molar-refractivity contribution < 1.29 is 9.47 Å². The third-order valence-electron chi connectivity index (χ3n) is 5.30. The van der Waals surface area contributed by atoms with Crippen LogP contribution in [0.25, 0.3) is 0 Å².